The summed E-state index contributed by atoms with van der Waals surface area (Å²) in [6.45, 7) is -0.669. The molecule has 2 amide bonds. The van der Waals surface area contributed by atoms with Crippen LogP contribution in [0.25, 0.3) is 10.8 Å². The topological polar surface area (TPSA) is 78.4 Å². The summed E-state index contributed by atoms with van der Waals surface area (Å²) < 4.78 is 37.8. The third kappa shape index (κ3) is 5.15. The molecule has 0 heterocycles. The Labute approximate surface area is 170 Å². The van der Waals surface area contributed by atoms with Crippen LogP contribution in [0, 0.1) is 0 Å². The van der Waals surface area contributed by atoms with E-state index in [0.29, 0.717) is 11.1 Å². The van der Waals surface area contributed by atoms with Gasteiger partial charge >= 0.3 is 6.18 Å². The molecule has 0 saturated heterocycles. The summed E-state index contributed by atoms with van der Waals surface area (Å²) in [5.74, 6) is -1.17. The van der Waals surface area contributed by atoms with Gasteiger partial charge in [-0.05, 0) is 40.6 Å². The average molecular weight is 416 g/mol. The Kier molecular flexibility index (Phi) is 6.37. The first-order chi connectivity index (χ1) is 14.3. The minimum Gasteiger partial charge on any atom is -0.394 e. The Morgan fingerprint density at radius 1 is 0.933 bits per heavy atom. The number of nitrogens with one attached hydrogen (secondary N) is 2. The van der Waals surface area contributed by atoms with E-state index in [4.69, 9.17) is 0 Å². The van der Waals surface area contributed by atoms with Gasteiger partial charge in [-0.25, -0.2) is 0 Å². The predicted octanol–water partition coefficient (Wildman–Crippen LogP) is 3.27. The van der Waals surface area contributed by atoms with Gasteiger partial charge in [-0.15, -0.1) is 0 Å². The lowest BCUT2D eigenvalue weighted by Crippen LogP contribution is -2.48. The van der Waals surface area contributed by atoms with Crippen LogP contribution in [0.4, 0.5) is 13.2 Å². The molecule has 1 atom stereocenters. The highest BCUT2D eigenvalue weighted by Crippen LogP contribution is 2.29. The molecule has 0 radical (unpaired) electrons. The zero-order valence-corrected chi connectivity index (χ0v) is 15.7. The van der Waals surface area contributed by atoms with Gasteiger partial charge in [0.2, 0.25) is 5.91 Å². The van der Waals surface area contributed by atoms with Gasteiger partial charge in [0.1, 0.15) is 6.04 Å². The lowest BCUT2D eigenvalue weighted by molar-refractivity contribution is -0.137. The molecule has 3 aromatic rings. The molecule has 0 aliphatic carbocycles. The molecule has 0 unspecified atom stereocenters. The van der Waals surface area contributed by atoms with Crippen molar-refractivity contribution in [2.45, 2.75) is 18.8 Å². The zero-order valence-electron chi connectivity index (χ0n) is 15.7. The molecule has 30 heavy (non-hydrogen) atoms. The Bertz CT molecular complexity index is 1050. The lowest BCUT2D eigenvalue weighted by atomic mass is 10.1. The zero-order chi connectivity index (χ0) is 21.7. The fourth-order valence-electron chi connectivity index (χ4n) is 2.89. The van der Waals surface area contributed by atoms with Crippen LogP contribution in [0.2, 0.25) is 0 Å². The summed E-state index contributed by atoms with van der Waals surface area (Å²) in [4.78, 5) is 24.7. The molecule has 3 aromatic carbocycles. The molecule has 5 nitrogen and oxygen atoms in total. The maximum atomic E-state index is 12.6. The van der Waals surface area contributed by atoms with E-state index in [2.05, 4.69) is 10.6 Å². The van der Waals surface area contributed by atoms with Crippen LogP contribution >= 0.6 is 0 Å². The van der Waals surface area contributed by atoms with Gasteiger partial charge in [0.15, 0.2) is 0 Å². The molecule has 156 valence electrons. The van der Waals surface area contributed by atoms with Gasteiger partial charge in [0.05, 0.1) is 12.2 Å². The largest absolute Gasteiger partial charge is 0.416 e. The van der Waals surface area contributed by atoms with E-state index < -0.39 is 36.2 Å². The van der Waals surface area contributed by atoms with Crippen LogP contribution in [0.3, 0.4) is 0 Å². The van der Waals surface area contributed by atoms with Crippen LogP contribution in [-0.2, 0) is 17.5 Å². The molecule has 0 fully saturated rings. The number of carbonyl (C=O) groups excluding carboxylic acids is 2. The standard InChI is InChI=1S/C22H19F3N2O3/c23-22(24,25)18-9-5-14(6-10-18)12-26-21(30)19(13-28)27-20(29)17-8-7-15-3-1-2-4-16(15)11-17/h1-11,19,28H,12-13H2,(H,26,30)(H,27,29)/t19-/m0/s1. The monoisotopic (exact) mass is 416 g/mol. The first-order valence-electron chi connectivity index (χ1n) is 9.12. The van der Waals surface area contributed by atoms with Crippen molar-refractivity contribution in [1.82, 2.24) is 10.6 Å². The fourth-order valence-corrected chi connectivity index (χ4v) is 2.89. The smallest absolute Gasteiger partial charge is 0.394 e. The predicted molar refractivity (Wildman–Crippen MR) is 106 cm³/mol. The van der Waals surface area contributed by atoms with E-state index in [0.717, 1.165) is 22.9 Å². The highest BCUT2D eigenvalue weighted by atomic mass is 19.4. The number of hydrogen-bond acceptors (Lipinski definition) is 3. The van der Waals surface area contributed by atoms with Crippen molar-refractivity contribution in [3.05, 3.63) is 83.4 Å². The summed E-state index contributed by atoms with van der Waals surface area (Å²) >= 11 is 0. The van der Waals surface area contributed by atoms with Crippen molar-refractivity contribution in [3.8, 4) is 0 Å². The summed E-state index contributed by atoms with van der Waals surface area (Å²) in [5.41, 5.74) is 0.00467. The van der Waals surface area contributed by atoms with E-state index in [1.165, 1.54) is 12.1 Å². The van der Waals surface area contributed by atoms with Crippen molar-refractivity contribution in [2.75, 3.05) is 6.61 Å². The van der Waals surface area contributed by atoms with Crippen LogP contribution < -0.4 is 10.6 Å². The second-order valence-electron chi connectivity index (χ2n) is 6.68. The molecule has 0 spiro atoms. The maximum Gasteiger partial charge on any atom is 0.416 e. The van der Waals surface area contributed by atoms with E-state index in [1.54, 1.807) is 18.2 Å². The number of benzene rings is 3. The molecular weight excluding hydrogens is 397 g/mol. The number of aliphatic hydroxyl groups is 1. The molecule has 0 bridgehead atoms. The molecular formula is C22H19F3N2O3. The Morgan fingerprint density at radius 2 is 1.60 bits per heavy atom. The maximum absolute atomic E-state index is 12.6. The second-order valence-corrected chi connectivity index (χ2v) is 6.68. The highest BCUT2D eigenvalue weighted by Gasteiger charge is 2.30. The summed E-state index contributed by atoms with van der Waals surface area (Å²) in [6.07, 6.45) is -4.43. The SMILES string of the molecule is O=C(N[C@@H](CO)C(=O)NCc1ccc(C(F)(F)F)cc1)c1ccc2ccccc2c1. The van der Waals surface area contributed by atoms with Crippen LogP contribution in [0.1, 0.15) is 21.5 Å². The Morgan fingerprint density at radius 3 is 2.23 bits per heavy atom. The molecule has 0 aromatic heterocycles. The number of carbonyl (C=O) groups is 2. The van der Waals surface area contributed by atoms with Crippen molar-refractivity contribution in [1.29, 1.82) is 0 Å². The van der Waals surface area contributed by atoms with Gasteiger partial charge in [-0.1, -0.05) is 42.5 Å². The number of alkyl halides is 3. The van der Waals surface area contributed by atoms with Gasteiger partial charge in [0, 0.05) is 12.1 Å². The first kappa shape index (κ1) is 21.3. The number of amides is 2. The second kappa shape index (κ2) is 8.96. The van der Waals surface area contributed by atoms with Gasteiger partial charge in [-0.3, -0.25) is 9.59 Å². The number of halogens is 3. The van der Waals surface area contributed by atoms with Crippen molar-refractivity contribution >= 4 is 22.6 Å². The molecule has 8 heteroatoms. The molecule has 0 saturated carbocycles. The molecule has 3 N–H and O–H groups in total. The van der Waals surface area contributed by atoms with E-state index in [9.17, 15) is 27.9 Å². The number of rotatable bonds is 6. The van der Waals surface area contributed by atoms with Crippen LogP contribution in [0.5, 0.6) is 0 Å². The van der Waals surface area contributed by atoms with Crippen molar-refractivity contribution in [2.24, 2.45) is 0 Å². The fraction of sp³-hybridized carbons (Fsp3) is 0.182. The average Bonchev–Trinajstić information content (AvgIpc) is 2.75. The third-order valence-electron chi connectivity index (χ3n) is 4.56. The molecule has 0 aliphatic rings. The summed E-state index contributed by atoms with van der Waals surface area (Å²) in [5, 5.41) is 16.3. The van der Waals surface area contributed by atoms with E-state index in [1.807, 2.05) is 24.3 Å². The first-order valence-corrected chi connectivity index (χ1v) is 9.12. The van der Waals surface area contributed by atoms with Crippen molar-refractivity contribution in [3.63, 3.8) is 0 Å². The normalized spacial score (nSPS) is 12.4. The summed E-state index contributed by atoms with van der Waals surface area (Å²) in [6, 6.07) is 15.7. The van der Waals surface area contributed by atoms with Gasteiger partial charge in [-0.2, -0.15) is 13.2 Å². The highest BCUT2D eigenvalue weighted by molar-refractivity contribution is 6.00. The number of fused-ring (bicyclic) bond motifs is 1. The van der Waals surface area contributed by atoms with E-state index >= 15 is 0 Å². The molecule has 3 rings (SSSR count). The quantitative estimate of drug-likeness (QED) is 0.577. The van der Waals surface area contributed by atoms with Crippen LogP contribution in [-0.4, -0.2) is 29.6 Å². The van der Waals surface area contributed by atoms with Gasteiger partial charge in [0.25, 0.3) is 5.91 Å². The minimum atomic E-state index is -4.43. The Balaban J connectivity index is 1.60. The van der Waals surface area contributed by atoms with E-state index in [-0.39, 0.29) is 6.54 Å². The summed E-state index contributed by atoms with van der Waals surface area (Å²) in [7, 11) is 0. The van der Waals surface area contributed by atoms with Gasteiger partial charge < -0.3 is 15.7 Å². The third-order valence-corrected chi connectivity index (χ3v) is 4.56. The van der Waals surface area contributed by atoms with Crippen molar-refractivity contribution < 1.29 is 27.9 Å². The number of hydrogen-bond donors (Lipinski definition) is 3. The molecule has 0 aliphatic heterocycles. The van der Waals surface area contributed by atoms with Crippen LogP contribution in [0.15, 0.2) is 66.7 Å². The Hall–Kier alpha value is -3.39. The number of aliphatic hydroxyl groups excluding tert-OH is 1. The lowest BCUT2D eigenvalue weighted by Gasteiger charge is -2.17. The minimum absolute atomic E-state index is 0.0423.